The highest BCUT2D eigenvalue weighted by Gasteiger charge is 2.23. The zero-order chi connectivity index (χ0) is 25.8. The summed E-state index contributed by atoms with van der Waals surface area (Å²) >= 11 is 0. The molecule has 2 heterocycles. The van der Waals surface area contributed by atoms with Crippen LogP contribution >= 0.6 is 0 Å². The number of piperidine rings is 1. The van der Waals surface area contributed by atoms with E-state index in [2.05, 4.69) is 24.8 Å². The summed E-state index contributed by atoms with van der Waals surface area (Å²) in [5.74, 6) is -0.0223. The number of hydrogen-bond acceptors (Lipinski definition) is 5. The van der Waals surface area contributed by atoms with Crippen molar-refractivity contribution in [3.8, 4) is 11.3 Å². The maximum absolute atomic E-state index is 13.7. The molecule has 0 spiro atoms. The summed E-state index contributed by atoms with van der Waals surface area (Å²) in [7, 11) is 4.00. The van der Waals surface area contributed by atoms with Gasteiger partial charge in [-0.15, -0.1) is 0 Å². The van der Waals surface area contributed by atoms with Crippen molar-refractivity contribution < 1.29 is 0 Å². The Hall–Kier alpha value is -3.19. The number of benzene rings is 2. The van der Waals surface area contributed by atoms with Crippen LogP contribution in [-0.4, -0.2) is 53.0 Å². The molecule has 3 N–H and O–H groups in total. The van der Waals surface area contributed by atoms with Crippen molar-refractivity contribution >= 4 is 22.6 Å². The molecule has 0 bridgehead atoms. The number of aromatic nitrogens is 2. The van der Waals surface area contributed by atoms with E-state index >= 15 is 0 Å². The fraction of sp³-hybridized carbons (Fsp3) is 0.483. The summed E-state index contributed by atoms with van der Waals surface area (Å²) < 4.78 is 1.89. The smallest absolute Gasteiger partial charge is 0.277 e. The van der Waals surface area contributed by atoms with Gasteiger partial charge in [0.2, 0.25) is 0 Å². The summed E-state index contributed by atoms with van der Waals surface area (Å²) in [6.45, 7) is 6.48. The highest BCUT2D eigenvalue weighted by Crippen LogP contribution is 2.24. The van der Waals surface area contributed by atoms with Gasteiger partial charge in [0.15, 0.2) is 0 Å². The van der Waals surface area contributed by atoms with E-state index in [1.165, 1.54) is 19.3 Å². The van der Waals surface area contributed by atoms with E-state index in [0.717, 1.165) is 42.5 Å². The summed E-state index contributed by atoms with van der Waals surface area (Å²) in [5, 5.41) is 7.78. The first-order chi connectivity index (χ1) is 17.3. The highest BCUT2D eigenvalue weighted by atomic mass is 16.1. The first-order valence-corrected chi connectivity index (χ1v) is 13.2. The van der Waals surface area contributed by atoms with Crippen LogP contribution in [0.5, 0.6) is 0 Å². The molecule has 36 heavy (non-hydrogen) atoms. The second kappa shape index (κ2) is 11.2. The second-order valence-electron chi connectivity index (χ2n) is 10.4. The minimum atomic E-state index is -0.0996. The van der Waals surface area contributed by atoms with Crippen molar-refractivity contribution in [1.82, 2.24) is 14.5 Å². The molecule has 7 nitrogen and oxygen atoms in total. The summed E-state index contributed by atoms with van der Waals surface area (Å²) in [6.07, 6.45) is 7.09. The number of anilines is 1. The van der Waals surface area contributed by atoms with Gasteiger partial charge in [-0.1, -0.05) is 31.0 Å². The summed E-state index contributed by atoms with van der Waals surface area (Å²) in [4.78, 5) is 23.2. The second-order valence-corrected chi connectivity index (χ2v) is 10.4. The van der Waals surface area contributed by atoms with Crippen LogP contribution in [0.3, 0.4) is 0 Å². The fourth-order valence-corrected chi connectivity index (χ4v) is 5.41. The lowest BCUT2D eigenvalue weighted by molar-refractivity contribution is 0.101. The van der Waals surface area contributed by atoms with Crippen LogP contribution in [0.15, 0.2) is 47.3 Å². The third-order valence-corrected chi connectivity index (χ3v) is 7.57. The Morgan fingerprint density at radius 3 is 2.47 bits per heavy atom. The molecule has 0 radical (unpaired) electrons. The van der Waals surface area contributed by atoms with E-state index in [-0.39, 0.29) is 11.4 Å². The Kier molecular flexibility index (Phi) is 8.09. The van der Waals surface area contributed by atoms with Crippen molar-refractivity contribution in [2.24, 2.45) is 5.73 Å². The van der Waals surface area contributed by atoms with Gasteiger partial charge in [0.25, 0.3) is 5.56 Å². The first kappa shape index (κ1) is 25.9. The number of nitrogens with two attached hydrogens (primary N) is 1. The number of hydrogen-bond donors (Lipinski definition) is 2. The van der Waals surface area contributed by atoms with Crippen molar-refractivity contribution in [1.29, 1.82) is 5.41 Å². The number of amidine groups is 1. The van der Waals surface area contributed by atoms with Gasteiger partial charge in [0.05, 0.1) is 11.0 Å². The molecule has 7 heteroatoms. The van der Waals surface area contributed by atoms with Crippen LogP contribution in [0.25, 0.3) is 22.3 Å². The van der Waals surface area contributed by atoms with Crippen molar-refractivity contribution in [2.75, 3.05) is 25.5 Å². The zero-order valence-corrected chi connectivity index (χ0v) is 22.1. The molecule has 1 aliphatic rings. The Balaban J connectivity index is 1.60. The van der Waals surface area contributed by atoms with Crippen LogP contribution in [-0.2, 0) is 6.54 Å². The van der Waals surface area contributed by atoms with Gasteiger partial charge in [0.1, 0.15) is 11.5 Å². The number of nitrogen functional groups attached to an aromatic ring is 1. The average Bonchev–Trinajstić information content (AvgIpc) is 2.86. The summed E-state index contributed by atoms with van der Waals surface area (Å²) in [6, 6.07) is 14.6. The third kappa shape index (κ3) is 5.62. The fourth-order valence-electron chi connectivity index (χ4n) is 5.41. The largest absolute Gasteiger partial charge is 0.384 e. The van der Waals surface area contributed by atoms with E-state index < -0.39 is 0 Å². The van der Waals surface area contributed by atoms with Gasteiger partial charge in [0, 0.05) is 49.5 Å². The molecular formula is C29H40N6O. The Morgan fingerprint density at radius 2 is 1.78 bits per heavy atom. The maximum Gasteiger partial charge on any atom is 0.277 e. The van der Waals surface area contributed by atoms with E-state index in [1.54, 1.807) is 12.1 Å². The maximum atomic E-state index is 13.7. The number of fused-ring (bicyclic) bond motifs is 1. The quantitative estimate of drug-likeness (QED) is 0.255. The number of nitrogens with zero attached hydrogens (tertiary/aromatic N) is 4. The van der Waals surface area contributed by atoms with Crippen LogP contribution in [0, 0.1) is 5.41 Å². The molecule has 4 rings (SSSR count). The lowest BCUT2D eigenvalue weighted by Gasteiger charge is -2.39. The monoisotopic (exact) mass is 488 g/mol. The molecule has 0 unspecified atom stereocenters. The van der Waals surface area contributed by atoms with E-state index in [4.69, 9.17) is 16.1 Å². The molecule has 2 atom stereocenters. The van der Waals surface area contributed by atoms with Gasteiger partial charge in [-0.25, -0.2) is 4.98 Å². The topological polar surface area (TPSA) is 91.2 Å². The van der Waals surface area contributed by atoms with Gasteiger partial charge in [-0.2, -0.15) is 0 Å². The molecule has 1 aromatic heterocycles. The molecule has 1 aliphatic heterocycles. The van der Waals surface area contributed by atoms with Crippen molar-refractivity contribution in [3.05, 3.63) is 58.4 Å². The molecule has 3 aromatic rings. The SMILES string of the molecule is C[C@@H]1CCC[C@H](C)N1CCCCCn1c(=O)c(-c2cccc(C(=N)N)c2)nc2ccc(N(C)C)cc21. The number of rotatable bonds is 9. The Morgan fingerprint density at radius 1 is 1.06 bits per heavy atom. The van der Waals surface area contributed by atoms with Crippen LogP contribution < -0.4 is 16.2 Å². The minimum Gasteiger partial charge on any atom is -0.384 e. The molecule has 1 saturated heterocycles. The molecular weight excluding hydrogens is 448 g/mol. The molecule has 1 fully saturated rings. The predicted octanol–water partition coefficient (Wildman–Crippen LogP) is 4.85. The van der Waals surface area contributed by atoms with Crippen molar-refractivity contribution in [3.63, 3.8) is 0 Å². The molecule has 2 aromatic carbocycles. The van der Waals surface area contributed by atoms with Gasteiger partial charge >= 0.3 is 0 Å². The highest BCUT2D eigenvalue weighted by molar-refractivity contribution is 5.96. The van der Waals surface area contributed by atoms with Gasteiger partial charge < -0.3 is 15.2 Å². The van der Waals surface area contributed by atoms with E-state index in [9.17, 15) is 4.79 Å². The summed E-state index contributed by atoms with van der Waals surface area (Å²) in [5.41, 5.74) is 9.97. The molecule has 0 saturated carbocycles. The van der Waals surface area contributed by atoms with Crippen LogP contribution in [0.4, 0.5) is 5.69 Å². The molecule has 192 valence electrons. The third-order valence-electron chi connectivity index (χ3n) is 7.57. The zero-order valence-electron chi connectivity index (χ0n) is 22.1. The van der Waals surface area contributed by atoms with E-state index in [1.807, 2.05) is 47.8 Å². The molecule has 0 amide bonds. The minimum absolute atomic E-state index is 0.0223. The number of nitrogens with one attached hydrogen (secondary N) is 1. The number of likely N-dealkylation sites (tertiary alicyclic amines) is 1. The normalized spacial score (nSPS) is 18.4. The van der Waals surface area contributed by atoms with Gasteiger partial charge in [-0.3, -0.25) is 15.1 Å². The average molecular weight is 489 g/mol. The Labute approximate surface area is 214 Å². The lowest BCUT2D eigenvalue weighted by atomic mass is 9.97. The van der Waals surface area contributed by atoms with Crippen molar-refractivity contribution in [2.45, 2.75) is 71.0 Å². The van der Waals surface area contributed by atoms with Gasteiger partial charge in [-0.05, 0) is 70.3 Å². The number of aryl methyl sites for hydroxylation is 1. The van der Waals surface area contributed by atoms with Crippen LogP contribution in [0.1, 0.15) is 57.9 Å². The lowest BCUT2D eigenvalue weighted by Crippen LogP contribution is -2.44. The Bertz CT molecular complexity index is 1270. The number of unbranched alkanes of at least 4 members (excludes halogenated alkanes) is 2. The van der Waals surface area contributed by atoms with Crippen LogP contribution in [0.2, 0.25) is 0 Å². The predicted molar refractivity (Wildman–Crippen MR) is 150 cm³/mol. The first-order valence-electron chi connectivity index (χ1n) is 13.2. The molecule has 0 aliphatic carbocycles. The standard InChI is InChI=1S/C29H40N6O/c1-20-10-8-11-21(2)34(20)16-6-5-7-17-35-26-19-24(33(3)4)14-15-25(26)32-27(29(35)36)22-12-9-13-23(18-22)28(30)31/h9,12-15,18-21H,5-8,10-11,16-17H2,1-4H3,(H3,30,31)/t20-,21+. The van der Waals surface area contributed by atoms with E-state index in [0.29, 0.717) is 35.4 Å².